The highest BCUT2D eigenvalue weighted by molar-refractivity contribution is 7.99. The predicted molar refractivity (Wildman–Crippen MR) is 95.0 cm³/mol. The molecule has 2 rings (SSSR count). The first-order chi connectivity index (χ1) is 11.0. The Morgan fingerprint density at radius 2 is 2.22 bits per heavy atom. The van der Waals surface area contributed by atoms with Gasteiger partial charge in [0.2, 0.25) is 0 Å². The lowest BCUT2D eigenvalue weighted by molar-refractivity contribution is 0.230. The first-order valence-corrected chi connectivity index (χ1v) is 9.64. The number of amides is 2. The molecule has 3 unspecified atom stereocenters. The van der Waals surface area contributed by atoms with Gasteiger partial charge in [-0.2, -0.15) is 11.8 Å². The van der Waals surface area contributed by atoms with Crippen molar-refractivity contribution >= 4 is 17.8 Å². The van der Waals surface area contributed by atoms with Gasteiger partial charge in [-0.3, -0.25) is 0 Å². The molecule has 6 heteroatoms. The van der Waals surface area contributed by atoms with Gasteiger partial charge in [-0.1, -0.05) is 18.5 Å². The second kappa shape index (κ2) is 8.62. The van der Waals surface area contributed by atoms with Crippen LogP contribution in [0.15, 0.2) is 4.52 Å². The zero-order chi connectivity index (χ0) is 16.8. The molecule has 1 aromatic heterocycles. The number of urea groups is 1. The van der Waals surface area contributed by atoms with Crippen molar-refractivity contribution in [3.05, 3.63) is 17.0 Å². The lowest BCUT2D eigenvalue weighted by Gasteiger charge is -2.29. The molecule has 1 heterocycles. The average molecular weight is 340 g/mol. The Labute approximate surface area is 143 Å². The molecule has 2 amide bonds. The second-order valence-corrected chi connectivity index (χ2v) is 8.04. The fraction of sp³-hybridized carbons (Fsp3) is 0.765. The number of nitrogens with zero attached hydrogens (tertiary/aromatic N) is 1. The van der Waals surface area contributed by atoms with Gasteiger partial charge in [0.1, 0.15) is 5.76 Å². The average Bonchev–Trinajstić information content (AvgIpc) is 2.79. The van der Waals surface area contributed by atoms with E-state index >= 15 is 0 Å². The van der Waals surface area contributed by atoms with Crippen molar-refractivity contribution in [1.82, 2.24) is 15.8 Å². The Kier molecular flexibility index (Phi) is 6.81. The van der Waals surface area contributed by atoms with E-state index in [4.69, 9.17) is 4.52 Å². The first kappa shape index (κ1) is 18.2. The molecule has 0 aromatic carbocycles. The SMILES string of the molecule is CCSC1CCCC(NC(=O)NC(C)Cc2c(C)noc2C)C1. The third-order valence-corrected chi connectivity index (χ3v) is 5.67. The van der Waals surface area contributed by atoms with Crippen molar-refractivity contribution in [3.8, 4) is 0 Å². The number of hydrogen-bond acceptors (Lipinski definition) is 4. The minimum atomic E-state index is -0.0589. The van der Waals surface area contributed by atoms with Crippen LogP contribution < -0.4 is 10.6 Å². The summed E-state index contributed by atoms with van der Waals surface area (Å²) in [5, 5.41) is 10.8. The highest BCUT2D eigenvalue weighted by Gasteiger charge is 2.23. The second-order valence-electron chi connectivity index (χ2n) is 6.47. The topological polar surface area (TPSA) is 67.2 Å². The molecule has 0 radical (unpaired) electrons. The fourth-order valence-corrected chi connectivity index (χ4v) is 4.44. The smallest absolute Gasteiger partial charge is 0.315 e. The molecule has 130 valence electrons. The fourth-order valence-electron chi connectivity index (χ4n) is 3.26. The normalized spacial score (nSPS) is 22.6. The number of rotatable bonds is 6. The Hall–Kier alpha value is -1.17. The number of nitrogens with one attached hydrogen (secondary N) is 2. The molecule has 1 aromatic rings. The Morgan fingerprint density at radius 1 is 1.43 bits per heavy atom. The van der Waals surface area contributed by atoms with Crippen LogP contribution >= 0.6 is 11.8 Å². The molecular formula is C17H29N3O2S. The van der Waals surface area contributed by atoms with Crippen molar-refractivity contribution < 1.29 is 9.32 Å². The predicted octanol–water partition coefficient (Wildman–Crippen LogP) is 3.59. The molecule has 3 atom stereocenters. The van der Waals surface area contributed by atoms with E-state index in [9.17, 15) is 4.79 Å². The minimum absolute atomic E-state index is 0.0520. The van der Waals surface area contributed by atoms with Crippen molar-refractivity contribution in [2.75, 3.05) is 5.75 Å². The largest absolute Gasteiger partial charge is 0.361 e. The van der Waals surface area contributed by atoms with Crippen molar-refractivity contribution in [3.63, 3.8) is 0 Å². The summed E-state index contributed by atoms with van der Waals surface area (Å²) in [4.78, 5) is 12.2. The number of thioether (sulfide) groups is 1. The van der Waals surface area contributed by atoms with E-state index in [0.717, 1.165) is 42.0 Å². The maximum absolute atomic E-state index is 12.2. The van der Waals surface area contributed by atoms with Crippen molar-refractivity contribution in [2.45, 2.75) is 77.1 Å². The van der Waals surface area contributed by atoms with E-state index in [2.05, 4.69) is 22.7 Å². The summed E-state index contributed by atoms with van der Waals surface area (Å²) in [5.41, 5.74) is 2.00. The highest BCUT2D eigenvalue weighted by Crippen LogP contribution is 2.28. The number of carbonyl (C=O) groups excluding carboxylic acids is 1. The van der Waals surface area contributed by atoms with Gasteiger partial charge in [-0.25, -0.2) is 4.79 Å². The summed E-state index contributed by atoms with van der Waals surface area (Å²) < 4.78 is 5.18. The minimum Gasteiger partial charge on any atom is -0.361 e. The zero-order valence-corrected chi connectivity index (χ0v) is 15.5. The van der Waals surface area contributed by atoms with Gasteiger partial charge < -0.3 is 15.2 Å². The van der Waals surface area contributed by atoms with Crippen LogP contribution in [0.25, 0.3) is 0 Å². The lowest BCUT2D eigenvalue weighted by Crippen LogP contribution is -2.47. The van der Waals surface area contributed by atoms with Gasteiger partial charge in [0, 0.05) is 22.9 Å². The number of aryl methyl sites for hydroxylation is 2. The summed E-state index contributed by atoms with van der Waals surface area (Å²) in [6, 6.07) is 0.298. The van der Waals surface area contributed by atoms with Crippen LogP contribution in [-0.2, 0) is 6.42 Å². The quantitative estimate of drug-likeness (QED) is 0.831. The van der Waals surface area contributed by atoms with Crippen molar-refractivity contribution in [2.24, 2.45) is 0 Å². The molecule has 23 heavy (non-hydrogen) atoms. The van der Waals surface area contributed by atoms with Crippen molar-refractivity contribution in [1.29, 1.82) is 0 Å². The molecule has 1 fully saturated rings. The van der Waals surface area contributed by atoms with Gasteiger partial charge in [-0.05, 0) is 52.2 Å². The van der Waals surface area contributed by atoms with Gasteiger partial charge in [0.25, 0.3) is 0 Å². The van der Waals surface area contributed by atoms with Crippen LogP contribution in [0, 0.1) is 13.8 Å². The third kappa shape index (κ3) is 5.44. The molecule has 1 saturated carbocycles. The maximum atomic E-state index is 12.2. The van der Waals surface area contributed by atoms with Gasteiger partial charge in [0.15, 0.2) is 0 Å². The molecule has 2 N–H and O–H groups in total. The van der Waals surface area contributed by atoms with E-state index in [-0.39, 0.29) is 12.1 Å². The summed E-state index contributed by atoms with van der Waals surface area (Å²) in [6.45, 7) is 8.06. The lowest BCUT2D eigenvalue weighted by atomic mass is 9.95. The van der Waals surface area contributed by atoms with E-state index in [1.807, 2.05) is 32.5 Å². The van der Waals surface area contributed by atoms with Gasteiger partial charge in [0.05, 0.1) is 5.69 Å². The molecule has 1 aliphatic carbocycles. The van der Waals surface area contributed by atoms with Crippen LogP contribution in [0.5, 0.6) is 0 Å². The summed E-state index contributed by atoms with van der Waals surface area (Å²) >= 11 is 2.01. The van der Waals surface area contributed by atoms with E-state index < -0.39 is 0 Å². The summed E-state index contributed by atoms with van der Waals surface area (Å²) in [5.74, 6) is 1.99. The third-order valence-electron chi connectivity index (χ3n) is 4.43. The zero-order valence-electron chi connectivity index (χ0n) is 14.6. The number of hydrogen-bond donors (Lipinski definition) is 2. The van der Waals surface area contributed by atoms with Gasteiger partial charge >= 0.3 is 6.03 Å². The van der Waals surface area contributed by atoms with Crippen LogP contribution in [0.3, 0.4) is 0 Å². The molecule has 0 aliphatic heterocycles. The molecule has 0 spiro atoms. The van der Waals surface area contributed by atoms with Crippen LogP contribution in [-0.4, -0.2) is 34.3 Å². The van der Waals surface area contributed by atoms with Crippen LogP contribution in [0.1, 0.15) is 56.5 Å². The molecular weight excluding hydrogens is 310 g/mol. The molecule has 0 saturated heterocycles. The highest BCUT2D eigenvalue weighted by atomic mass is 32.2. The van der Waals surface area contributed by atoms with Crippen LogP contribution in [0.2, 0.25) is 0 Å². The Bertz CT molecular complexity index is 496. The van der Waals surface area contributed by atoms with Gasteiger partial charge in [-0.15, -0.1) is 0 Å². The Balaban J connectivity index is 1.77. The standard InChI is InChI=1S/C17H29N3O2S/c1-5-23-15-8-6-7-14(10-15)19-17(21)18-11(2)9-16-12(3)20-22-13(16)4/h11,14-15H,5-10H2,1-4H3,(H2,18,19,21). The van der Waals surface area contributed by atoms with E-state index in [1.165, 1.54) is 12.8 Å². The van der Waals surface area contributed by atoms with Crippen LogP contribution in [0.4, 0.5) is 4.79 Å². The number of carbonyl (C=O) groups is 1. The monoisotopic (exact) mass is 339 g/mol. The first-order valence-electron chi connectivity index (χ1n) is 8.60. The molecule has 0 bridgehead atoms. The summed E-state index contributed by atoms with van der Waals surface area (Å²) in [7, 11) is 0. The maximum Gasteiger partial charge on any atom is 0.315 e. The Morgan fingerprint density at radius 3 is 2.87 bits per heavy atom. The molecule has 5 nitrogen and oxygen atoms in total. The summed E-state index contributed by atoms with van der Waals surface area (Å²) in [6.07, 6.45) is 5.40. The molecule has 1 aliphatic rings. The van der Waals surface area contributed by atoms with E-state index in [1.54, 1.807) is 0 Å². The van der Waals surface area contributed by atoms with E-state index in [0.29, 0.717) is 11.3 Å². The number of aromatic nitrogens is 1.